The number of hydrogen-bond donors (Lipinski definition) is 8. The number of carboxylic acids is 1. The molecule has 2 amide bonds. The number of rotatable bonds is 11. The van der Waals surface area contributed by atoms with Gasteiger partial charge in [-0.05, 0) is 73.3 Å². The molecule has 2 aromatic carbocycles. The second-order valence-electron chi connectivity index (χ2n) is 11.9. The van der Waals surface area contributed by atoms with E-state index in [0.29, 0.717) is 43.3 Å². The predicted octanol–water partition coefficient (Wildman–Crippen LogP) is 2.88. The third-order valence-corrected chi connectivity index (χ3v) is 6.44. The highest BCUT2D eigenvalue weighted by atomic mass is 32.2. The maximum atomic E-state index is 13.4. The number of pyridine rings is 1. The second kappa shape index (κ2) is 18.9. The Morgan fingerprint density at radius 2 is 1.41 bits per heavy atom. The smallest absolute Gasteiger partial charge is 0.336 e. The fraction of sp³-hybridized carbons (Fsp3) is 0.344. The SMILES string of the molecule is CCOc1ccc(-c2ccc(C(=O)NC(CCN)C(C)(C)C)cc2C(=O)O)c(C(=O)Nc2ccc(C(=N)N)cc2)n1.CS(=O)(=O)O.CS(=O)(=O)O. The van der Waals surface area contributed by atoms with Crippen molar-refractivity contribution in [2.45, 2.75) is 40.2 Å². The van der Waals surface area contributed by atoms with Crippen LogP contribution < -0.4 is 26.8 Å². The zero-order chi connectivity index (χ0) is 39.3. The Balaban J connectivity index is 0.00000114. The van der Waals surface area contributed by atoms with Crippen molar-refractivity contribution in [1.82, 2.24) is 10.3 Å². The summed E-state index contributed by atoms with van der Waals surface area (Å²) >= 11 is 0. The number of nitrogens with two attached hydrogens (primary N) is 2. The van der Waals surface area contributed by atoms with Gasteiger partial charge in [-0.15, -0.1) is 0 Å². The molecule has 1 aromatic heterocycles. The normalized spacial score (nSPS) is 11.8. The number of carboxylic acid groups (broad SMARTS) is 1. The van der Waals surface area contributed by atoms with Crippen molar-refractivity contribution in [3.05, 3.63) is 77.0 Å². The van der Waals surface area contributed by atoms with Crippen molar-refractivity contribution >= 4 is 49.5 Å². The molecular weight excluding hydrogens is 709 g/mol. The fourth-order valence-corrected chi connectivity index (χ4v) is 4.21. The van der Waals surface area contributed by atoms with E-state index in [1.165, 1.54) is 18.2 Å². The van der Waals surface area contributed by atoms with Crippen molar-refractivity contribution in [3.8, 4) is 17.0 Å². The quantitative estimate of drug-likeness (QED) is 0.0794. The number of nitrogen functional groups attached to an aromatic ring is 1. The number of carbonyl (C=O) groups excluding carboxylic acids is 2. The molecule has 10 N–H and O–H groups in total. The third-order valence-electron chi connectivity index (χ3n) is 6.44. The van der Waals surface area contributed by atoms with Gasteiger partial charge in [-0.25, -0.2) is 9.78 Å². The van der Waals surface area contributed by atoms with Gasteiger partial charge in [0.1, 0.15) is 11.5 Å². The molecule has 1 heterocycles. The number of amidine groups is 1. The van der Waals surface area contributed by atoms with Crippen LogP contribution in [0, 0.1) is 10.8 Å². The third kappa shape index (κ3) is 16.5. The van der Waals surface area contributed by atoms with Crippen LogP contribution in [0.15, 0.2) is 54.6 Å². The average Bonchev–Trinajstić information content (AvgIpc) is 2.99. The Morgan fingerprint density at radius 1 is 0.902 bits per heavy atom. The van der Waals surface area contributed by atoms with Crippen LogP contribution in [-0.4, -0.2) is 91.4 Å². The van der Waals surface area contributed by atoms with E-state index in [1.807, 2.05) is 20.8 Å². The Labute approximate surface area is 296 Å². The topological polar surface area (TPSA) is 302 Å². The monoisotopic (exact) mass is 752 g/mol. The van der Waals surface area contributed by atoms with E-state index in [-0.39, 0.29) is 51.1 Å². The van der Waals surface area contributed by atoms with E-state index in [1.54, 1.807) is 43.3 Å². The molecule has 0 aliphatic heterocycles. The molecule has 17 nitrogen and oxygen atoms in total. The standard InChI is InChI=1S/C30H36N6O5.2CH4O3S/c1-5-41-24-13-12-21(25(36-24)28(38)34-19-9-6-17(7-10-19)26(32)33)20-11-8-18(16-22(20)29(39)40)27(37)35-23(14-15-31)30(2,3)4;2*1-5(2,3)4/h6-13,16,23H,5,14-15,31H2,1-4H3,(H3,32,33)(H,34,38)(H,35,37)(H,39,40);2*1H3,(H,2,3,4). The van der Waals surface area contributed by atoms with Crippen molar-refractivity contribution < 1.29 is 50.2 Å². The van der Waals surface area contributed by atoms with Crippen LogP contribution in [-0.2, 0) is 20.2 Å². The molecule has 0 bridgehead atoms. The van der Waals surface area contributed by atoms with Crippen molar-refractivity contribution in [3.63, 3.8) is 0 Å². The number of nitrogens with one attached hydrogen (secondary N) is 3. The first kappa shape index (κ1) is 44.1. The summed E-state index contributed by atoms with van der Waals surface area (Å²) in [6, 6.07) is 13.5. The lowest BCUT2D eigenvalue weighted by Crippen LogP contribution is -2.44. The van der Waals surface area contributed by atoms with Crippen molar-refractivity contribution in [2.24, 2.45) is 16.9 Å². The van der Waals surface area contributed by atoms with Crippen LogP contribution >= 0.6 is 0 Å². The number of nitrogens with zero attached hydrogens (tertiary/aromatic N) is 1. The van der Waals surface area contributed by atoms with Gasteiger partial charge in [-0.2, -0.15) is 16.8 Å². The largest absolute Gasteiger partial charge is 0.478 e. The van der Waals surface area contributed by atoms with Crippen LogP contribution in [0.3, 0.4) is 0 Å². The molecule has 0 saturated carbocycles. The van der Waals surface area contributed by atoms with Crippen LogP contribution in [0.4, 0.5) is 5.69 Å². The number of anilines is 1. The van der Waals surface area contributed by atoms with Gasteiger partial charge in [-0.3, -0.25) is 24.1 Å². The minimum Gasteiger partial charge on any atom is -0.478 e. The molecule has 0 aliphatic carbocycles. The lowest BCUT2D eigenvalue weighted by Gasteiger charge is -2.31. The van der Waals surface area contributed by atoms with Gasteiger partial charge >= 0.3 is 5.97 Å². The molecule has 0 aliphatic rings. The van der Waals surface area contributed by atoms with Gasteiger partial charge in [0.15, 0.2) is 0 Å². The molecular formula is C32H44N6O11S2. The highest BCUT2D eigenvalue weighted by molar-refractivity contribution is 7.85. The van der Waals surface area contributed by atoms with Gasteiger partial charge < -0.3 is 31.9 Å². The molecule has 0 fully saturated rings. The first-order chi connectivity index (χ1) is 23.3. The molecule has 51 heavy (non-hydrogen) atoms. The summed E-state index contributed by atoms with van der Waals surface area (Å²) in [5.74, 6) is -2.23. The van der Waals surface area contributed by atoms with Gasteiger partial charge in [0.2, 0.25) is 5.88 Å². The summed E-state index contributed by atoms with van der Waals surface area (Å²) < 4.78 is 57.2. The van der Waals surface area contributed by atoms with Crippen LogP contribution in [0.1, 0.15) is 70.9 Å². The average molecular weight is 753 g/mol. The van der Waals surface area contributed by atoms with Crippen LogP contribution in [0.5, 0.6) is 5.88 Å². The summed E-state index contributed by atoms with van der Waals surface area (Å²) in [5, 5.41) is 23.3. The molecule has 0 radical (unpaired) electrons. The van der Waals surface area contributed by atoms with E-state index < -0.39 is 38.0 Å². The van der Waals surface area contributed by atoms with E-state index in [2.05, 4.69) is 15.6 Å². The summed E-state index contributed by atoms with van der Waals surface area (Å²) in [6.45, 7) is 8.44. The Bertz CT molecular complexity index is 1880. The molecule has 3 aromatic rings. The first-order valence-electron chi connectivity index (χ1n) is 15.0. The minimum absolute atomic E-state index is 0.0676. The number of amides is 2. The molecule has 1 unspecified atom stereocenters. The molecule has 3 rings (SSSR count). The number of aromatic nitrogens is 1. The van der Waals surface area contributed by atoms with Crippen molar-refractivity contribution in [2.75, 3.05) is 31.0 Å². The van der Waals surface area contributed by atoms with Crippen molar-refractivity contribution in [1.29, 1.82) is 5.41 Å². The molecule has 280 valence electrons. The highest BCUT2D eigenvalue weighted by Crippen LogP contribution is 2.30. The maximum Gasteiger partial charge on any atom is 0.336 e. The summed E-state index contributed by atoms with van der Waals surface area (Å²) in [6.07, 6.45) is 1.99. The predicted molar refractivity (Wildman–Crippen MR) is 193 cm³/mol. The summed E-state index contributed by atoms with van der Waals surface area (Å²) in [4.78, 5) is 43.2. The molecule has 19 heteroatoms. The Hall–Kier alpha value is -4.95. The lowest BCUT2D eigenvalue weighted by molar-refractivity contribution is 0.0697. The molecule has 0 saturated heterocycles. The minimum atomic E-state index is -3.67. The van der Waals surface area contributed by atoms with E-state index in [4.69, 9.17) is 30.7 Å². The number of benzene rings is 2. The second-order valence-corrected chi connectivity index (χ2v) is 14.9. The van der Waals surface area contributed by atoms with Crippen LogP contribution in [0.2, 0.25) is 0 Å². The Kier molecular flexibility index (Phi) is 16.3. The first-order valence-corrected chi connectivity index (χ1v) is 18.7. The number of ether oxygens (including phenoxy) is 1. The zero-order valence-electron chi connectivity index (χ0n) is 28.9. The van der Waals surface area contributed by atoms with Crippen LogP contribution in [0.25, 0.3) is 11.1 Å². The summed E-state index contributed by atoms with van der Waals surface area (Å²) in [7, 11) is -7.33. The van der Waals surface area contributed by atoms with E-state index in [9.17, 15) is 36.3 Å². The molecule has 0 spiro atoms. The van der Waals surface area contributed by atoms with Gasteiger partial charge in [0.25, 0.3) is 32.1 Å². The van der Waals surface area contributed by atoms with E-state index in [0.717, 1.165) is 0 Å². The number of aromatic carboxylic acids is 1. The highest BCUT2D eigenvalue weighted by Gasteiger charge is 2.27. The van der Waals surface area contributed by atoms with E-state index >= 15 is 0 Å². The summed E-state index contributed by atoms with van der Waals surface area (Å²) in [5.41, 5.74) is 12.3. The molecule has 1 atom stereocenters. The maximum absolute atomic E-state index is 13.4. The van der Waals surface area contributed by atoms with Gasteiger partial charge in [0.05, 0.1) is 24.7 Å². The lowest BCUT2D eigenvalue weighted by atomic mass is 9.84. The van der Waals surface area contributed by atoms with Gasteiger partial charge in [-0.1, -0.05) is 26.8 Å². The number of carbonyl (C=O) groups is 3. The zero-order valence-corrected chi connectivity index (χ0v) is 30.6. The number of hydrogen-bond acceptors (Lipinski definition) is 11. The van der Waals surface area contributed by atoms with Gasteiger partial charge in [0, 0.05) is 34.5 Å². The Morgan fingerprint density at radius 3 is 1.86 bits per heavy atom. The fourth-order valence-electron chi connectivity index (χ4n) is 4.21.